The number of hydrogen-bond acceptors (Lipinski definition) is 3. The molecule has 14 heavy (non-hydrogen) atoms. The van der Waals surface area contributed by atoms with E-state index in [1.54, 1.807) is 11.3 Å². The van der Waals surface area contributed by atoms with Crippen LogP contribution in [-0.4, -0.2) is 24.3 Å². The zero-order chi connectivity index (χ0) is 10.6. The van der Waals surface area contributed by atoms with Gasteiger partial charge in [-0.15, -0.1) is 0 Å². The molecule has 0 bridgehead atoms. The molecule has 0 saturated heterocycles. The molecular weight excluding hydrogens is 194 g/mol. The van der Waals surface area contributed by atoms with Gasteiger partial charge in [0.2, 0.25) is 0 Å². The van der Waals surface area contributed by atoms with Crippen LogP contribution in [0, 0.1) is 5.92 Å². The Morgan fingerprint density at radius 3 is 2.79 bits per heavy atom. The summed E-state index contributed by atoms with van der Waals surface area (Å²) in [5.74, 6) is 0.447. The van der Waals surface area contributed by atoms with Crippen LogP contribution >= 0.6 is 11.3 Å². The highest BCUT2D eigenvalue weighted by molar-refractivity contribution is 7.07. The molecule has 0 aliphatic rings. The van der Waals surface area contributed by atoms with E-state index in [4.69, 9.17) is 0 Å². The van der Waals surface area contributed by atoms with Crippen molar-refractivity contribution >= 4 is 17.1 Å². The fourth-order valence-corrected chi connectivity index (χ4v) is 1.86. The lowest BCUT2D eigenvalue weighted by Gasteiger charge is -2.15. The molecule has 2 nitrogen and oxygen atoms in total. The maximum absolute atomic E-state index is 11.4. The fraction of sp³-hybridized carbons (Fsp3) is 0.545. The van der Waals surface area contributed by atoms with Crippen molar-refractivity contribution < 1.29 is 4.79 Å². The maximum Gasteiger partial charge on any atom is 0.149 e. The first kappa shape index (κ1) is 11.4. The van der Waals surface area contributed by atoms with E-state index in [9.17, 15) is 4.79 Å². The SMILES string of the molecule is CC(C)C(=O)CN(C)Cc1ccsc1. The summed E-state index contributed by atoms with van der Waals surface area (Å²) in [6.45, 7) is 5.30. The lowest BCUT2D eigenvalue weighted by molar-refractivity contribution is -0.122. The van der Waals surface area contributed by atoms with Gasteiger partial charge in [0.05, 0.1) is 6.54 Å². The summed E-state index contributed by atoms with van der Waals surface area (Å²) in [4.78, 5) is 13.5. The minimum atomic E-state index is 0.139. The summed E-state index contributed by atoms with van der Waals surface area (Å²) in [6, 6.07) is 2.10. The van der Waals surface area contributed by atoms with Crippen molar-refractivity contribution in [2.24, 2.45) is 5.92 Å². The Morgan fingerprint density at radius 2 is 2.29 bits per heavy atom. The van der Waals surface area contributed by atoms with Crippen molar-refractivity contribution in [3.8, 4) is 0 Å². The van der Waals surface area contributed by atoms with E-state index in [-0.39, 0.29) is 5.92 Å². The molecule has 0 aliphatic heterocycles. The predicted molar refractivity (Wildman–Crippen MR) is 60.5 cm³/mol. The number of hydrogen-bond donors (Lipinski definition) is 0. The van der Waals surface area contributed by atoms with E-state index in [2.05, 4.69) is 21.7 Å². The molecule has 0 N–H and O–H groups in total. The van der Waals surface area contributed by atoms with Crippen LogP contribution in [0.25, 0.3) is 0 Å². The van der Waals surface area contributed by atoms with Crippen LogP contribution in [0.1, 0.15) is 19.4 Å². The van der Waals surface area contributed by atoms with E-state index in [0.29, 0.717) is 12.3 Å². The Balaban J connectivity index is 2.36. The van der Waals surface area contributed by atoms with Gasteiger partial charge in [-0.3, -0.25) is 9.69 Å². The number of thiophene rings is 1. The number of carbonyl (C=O) groups is 1. The Morgan fingerprint density at radius 1 is 1.57 bits per heavy atom. The van der Waals surface area contributed by atoms with Crippen molar-refractivity contribution in [3.63, 3.8) is 0 Å². The number of Topliss-reactive ketones (excluding diaryl/α,β-unsaturated/α-hetero) is 1. The van der Waals surface area contributed by atoms with Crippen molar-refractivity contribution in [1.82, 2.24) is 4.90 Å². The second-order valence-corrected chi connectivity index (χ2v) is 4.70. The van der Waals surface area contributed by atoms with E-state index in [1.807, 2.05) is 20.9 Å². The summed E-state index contributed by atoms with van der Waals surface area (Å²) in [5.41, 5.74) is 1.29. The smallest absolute Gasteiger partial charge is 0.149 e. The molecule has 1 heterocycles. The van der Waals surface area contributed by atoms with Gasteiger partial charge in [-0.1, -0.05) is 13.8 Å². The van der Waals surface area contributed by atoms with Gasteiger partial charge >= 0.3 is 0 Å². The zero-order valence-corrected chi connectivity index (χ0v) is 9.80. The number of ketones is 1. The quantitative estimate of drug-likeness (QED) is 0.745. The van der Waals surface area contributed by atoms with Gasteiger partial charge < -0.3 is 0 Å². The molecule has 1 aromatic heterocycles. The first-order valence-electron chi connectivity index (χ1n) is 4.82. The number of carbonyl (C=O) groups excluding carboxylic acids is 1. The van der Waals surface area contributed by atoms with Gasteiger partial charge in [0.25, 0.3) is 0 Å². The Bertz CT molecular complexity index is 279. The molecule has 1 rings (SSSR count). The molecule has 78 valence electrons. The fourth-order valence-electron chi connectivity index (χ4n) is 1.20. The summed E-state index contributed by atoms with van der Waals surface area (Å²) in [7, 11) is 1.98. The maximum atomic E-state index is 11.4. The standard InChI is InChI=1S/C11H17NOS/c1-9(2)11(13)7-12(3)6-10-4-5-14-8-10/h4-5,8-9H,6-7H2,1-3H3. The van der Waals surface area contributed by atoms with Gasteiger partial charge in [0, 0.05) is 12.5 Å². The van der Waals surface area contributed by atoms with Crippen LogP contribution in [0.4, 0.5) is 0 Å². The summed E-state index contributed by atoms with van der Waals surface area (Å²) in [5, 5.41) is 4.18. The minimum absolute atomic E-state index is 0.139. The van der Waals surface area contributed by atoms with Crippen LogP contribution in [0.3, 0.4) is 0 Å². The molecule has 0 unspecified atom stereocenters. The number of rotatable bonds is 5. The summed E-state index contributed by atoms with van der Waals surface area (Å²) < 4.78 is 0. The van der Waals surface area contributed by atoms with E-state index in [0.717, 1.165) is 6.54 Å². The molecule has 0 saturated carbocycles. The Hall–Kier alpha value is -0.670. The number of nitrogens with zero attached hydrogens (tertiary/aromatic N) is 1. The average molecular weight is 211 g/mol. The molecule has 0 fully saturated rings. The third kappa shape index (κ3) is 3.60. The molecular formula is C11H17NOS. The first-order chi connectivity index (χ1) is 6.59. The third-order valence-corrected chi connectivity index (χ3v) is 2.83. The molecule has 0 aromatic carbocycles. The van der Waals surface area contributed by atoms with Gasteiger partial charge in [-0.25, -0.2) is 0 Å². The van der Waals surface area contributed by atoms with Gasteiger partial charge in [0.15, 0.2) is 0 Å². The second kappa shape index (κ2) is 5.27. The van der Waals surface area contributed by atoms with E-state index in [1.165, 1.54) is 5.56 Å². The zero-order valence-electron chi connectivity index (χ0n) is 8.99. The highest BCUT2D eigenvalue weighted by Gasteiger charge is 2.10. The van der Waals surface area contributed by atoms with Crippen LogP contribution in [0.5, 0.6) is 0 Å². The van der Waals surface area contributed by atoms with Crippen LogP contribution in [0.2, 0.25) is 0 Å². The second-order valence-electron chi connectivity index (χ2n) is 3.92. The van der Waals surface area contributed by atoms with Crippen molar-refractivity contribution in [2.45, 2.75) is 20.4 Å². The first-order valence-corrected chi connectivity index (χ1v) is 5.76. The summed E-state index contributed by atoms with van der Waals surface area (Å²) in [6.07, 6.45) is 0. The highest BCUT2D eigenvalue weighted by Crippen LogP contribution is 2.08. The van der Waals surface area contributed by atoms with Crippen LogP contribution in [0.15, 0.2) is 16.8 Å². The van der Waals surface area contributed by atoms with E-state index >= 15 is 0 Å². The monoisotopic (exact) mass is 211 g/mol. The summed E-state index contributed by atoms with van der Waals surface area (Å²) >= 11 is 1.70. The lowest BCUT2D eigenvalue weighted by atomic mass is 10.1. The molecule has 0 amide bonds. The Kier molecular flexibility index (Phi) is 4.29. The molecule has 1 aromatic rings. The topological polar surface area (TPSA) is 20.3 Å². The van der Waals surface area contributed by atoms with Crippen molar-refractivity contribution in [1.29, 1.82) is 0 Å². The number of likely N-dealkylation sites (N-methyl/N-ethyl adjacent to an activating group) is 1. The Labute approximate surface area is 89.5 Å². The molecule has 0 aliphatic carbocycles. The van der Waals surface area contributed by atoms with Gasteiger partial charge in [0.1, 0.15) is 5.78 Å². The molecule has 0 spiro atoms. The molecule has 0 atom stereocenters. The van der Waals surface area contributed by atoms with Gasteiger partial charge in [-0.05, 0) is 29.4 Å². The average Bonchev–Trinajstić information content (AvgIpc) is 2.56. The minimum Gasteiger partial charge on any atom is -0.298 e. The normalized spacial score (nSPS) is 11.2. The van der Waals surface area contributed by atoms with Gasteiger partial charge in [-0.2, -0.15) is 11.3 Å². The predicted octanol–water partition coefficient (Wildman–Crippen LogP) is 2.41. The molecule has 3 heteroatoms. The van der Waals surface area contributed by atoms with Crippen LogP contribution < -0.4 is 0 Å². The van der Waals surface area contributed by atoms with Crippen LogP contribution in [-0.2, 0) is 11.3 Å². The third-order valence-electron chi connectivity index (χ3n) is 2.10. The largest absolute Gasteiger partial charge is 0.298 e. The lowest BCUT2D eigenvalue weighted by Crippen LogP contribution is -2.27. The van der Waals surface area contributed by atoms with E-state index < -0.39 is 0 Å². The van der Waals surface area contributed by atoms with Crippen molar-refractivity contribution in [3.05, 3.63) is 22.4 Å². The highest BCUT2D eigenvalue weighted by atomic mass is 32.1. The van der Waals surface area contributed by atoms with Crippen molar-refractivity contribution in [2.75, 3.05) is 13.6 Å². The molecule has 0 radical (unpaired) electrons.